The molecule has 2 aliphatic rings. The average molecular weight is 522 g/mol. The third-order valence-corrected chi connectivity index (χ3v) is 7.65. The van der Waals surface area contributed by atoms with E-state index in [-0.39, 0.29) is 12.5 Å². The van der Waals surface area contributed by atoms with Gasteiger partial charge in [-0.1, -0.05) is 19.9 Å². The van der Waals surface area contributed by atoms with Gasteiger partial charge in [-0.3, -0.25) is 4.79 Å². The van der Waals surface area contributed by atoms with Crippen molar-refractivity contribution in [2.75, 3.05) is 54.4 Å². The molecule has 0 unspecified atom stereocenters. The van der Waals surface area contributed by atoms with E-state index in [1.807, 2.05) is 11.1 Å². The highest BCUT2D eigenvalue weighted by Crippen LogP contribution is 2.35. The number of amides is 1. The molecule has 0 bridgehead atoms. The molecule has 202 valence electrons. The lowest BCUT2D eigenvalue weighted by Crippen LogP contribution is -2.52. The Morgan fingerprint density at radius 1 is 1.08 bits per heavy atom. The molecule has 0 aliphatic carbocycles. The number of aromatic nitrogens is 3. The fourth-order valence-corrected chi connectivity index (χ4v) is 5.37. The lowest BCUT2D eigenvalue weighted by Gasteiger charge is -2.38. The predicted octanol–water partition coefficient (Wildman–Crippen LogP) is 3.86. The molecule has 2 aliphatic heterocycles. The normalized spacial score (nSPS) is 22.3. The largest absolute Gasteiger partial charge is 0.390 e. The van der Waals surface area contributed by atoms with Crippen LogP contribution in [-0.2, 0) is 4.79 Å². The van der Waals surface area contributed by atoms with Crippen LogP contribution in [0, 0.1) is 0 Å². The smallest absolute Gasteiger partial charge is 0.227 e. The second-order valence-electron chi connectivity index (χ2n) is 10.8. The van der Waals surface area contributed by atoms with Crippen LogP contribution in [-0.4, -0.2) is 81.9 Å². The Labute approximate surface area is 222 Å². The molecule has 1 aromatic carbocycles. The molecule has 2 atom stereocenters. The summed E-state index contributed by atoms with van der Waals surface area (Å²) >= 11 is 0. The predicted molar refractivity (Wildman–Crippen MR) is 148 cm³/mol. The van der Waals surface area contributed by atoms with Gasteiger partial charge in [-0.15, -0.1) is 0 Å². The van der Waals surface area contributed by atoms with Crippen molar-refractivity contribution < 1.29 is 14.3 Å². The topological polar surface area (TPSA) is 97.7 Å². The number of benzene rings is 1. The second-order valence-corrected chi connectivity index (χ2v) is 10.8. The van der Waals surface area contributed by atoms with E-state index >= 15 is 0 Å². The van der Waals surface area contributed by atoms with Gasteiger partial charge in [-0.05, 0) is 48.4 Å². The number of piperidine rings is 1. The molecule has 9 nitrogen and oxygen atoms in total. The summed E-state index contributed by atoms with van der Waals surface area (Å²) < 4.78 is 14.7. The van der Waals surface area contributed by atoms with Gasteiger partial charge in [0.2, 0.25) is 11.9 Å². The zero-order valence-corrected chi connectivity index (χ0v) is 22.5. The van der Waals surface area contributed by atoms with Crippen LogP contribution >= 0.6 is 0 Å². The van der Waals surface area contributed by atoms with Crippen LogP contribution in [0.25, 0.3) is 10.8 Å². The Kier molecular flexibility index (Phi) is 7.09. The van der Waals surface area contributed by atoms with Crippen molar-refractivity contribution in [1.29, 1.82) is 0 Å². The number of aliphatic hydroxyl groups is 1. The van der Waals surface area contributed by atoms with E-state index in [1.165, 1.54) is 12.5 Å². The van der Waals surface area contributed by atoms with Crippen molar-refractivity contribution in [3.63, 3.8) is 0 Å². The first-order chi connectivity index (χ1) is 18.1. The van der Waals surface area contributed by atoms with Crippen LogP contribution in [0.2, 0.25) is 0 Å². The zero-order valence-electron chi connectivity index (χ0n) is 22.5. The number of hydrogen-bond acceptors (Lipinski definition) is 8. The van der Waals surface area contributed by atoms with Crippen LogP contribution in [0.4, 0.5) is 27.7 Å². The molecular formula is C28H36FN7O2. The number of carbonyl (C=O) groups excluding carboxylic acids is 1. The van der Waals surface area contributed by atoms with Gasteiger partial charge >= 0.3 is 0 Å². The van der Waals surface area contributed by atoms with E-state index in [1.54, 1.807) is 24.1 Å². The van der Waals surface area contributed by atoms with Crippen molar-refractivity contribution in [2.24, 2.45) is 0 Å². The van der Waals surface area contributed by atoms with Crippen molar-refractivity contribution in [1.82, 2.24) is 19.9 Å². The number of piperazine rings is 1. The van der Waals surface area contributed by atoms with Crippen molar-refractivity contribution in [2.45, 2.75) is 51.8 Å². The van der Waals surface area contributed by atoms with E-state index in [2.05, 4.69) is 52.2 Å². The number of halogens is 1. The van der Waals surface area contributed by atoms with Crippen LogP contribution in [0.1, 0.15) is 45.6 Å². The summed E-state index contributed by atoms with van der Waals surface area (Å²) in [6, 6.07) is 8.17. The summed E-state index contributed by atoms with van der Waals surface area (Å²) in [5, 5.41) is 15.5. The molecule has 5 rings (SSSR count). The Hall–Kier alpha value is -3.53. The fourth-order valence-electron chi connectivity index (χ4n) is 5.37. The summed E-state index contributed by atoms with van der Waals surface area (Å²) in [4.78, 5) is 31.4. The highest BCUT2D eigenvalue weighted by atomic mass is 19.1. The Morgan fingerprint density at radius 2 is 1.84 bits per heavy atom. The molecule has 0 spiro atoms. The first kappa shape index (κ1) is 26.1. The quantitative estimate of drug-likeness (QED) is 0.523. The van der Waals surface area contributed by atoms with Gasteiger partial charge in [0, 0.05) is 63.1 Å². The molecule has 2 saturated heterocycles. The van der Waals surface area contributed by atoms with Gasteiger partial charge < -0.3 is 25.1 Å². The average Bonchev–Trinajstić information content (AvgIpc) is 2.89. The first-order valence-electron chi connectivity index (χ1n) is 13.3. The van der Waals surface area contributed by atoms with Gasteiger partial charge in [0.1, 0.15) is 11.6 Å². The Bertz CT molecular complexity index is 1320. The minimum Gasteiger partial charge on any atom is -0.390 e. The SMILES string of the molecule is CC(=O)N1CCN(c2ccc(C(C)C)c3cc(Nc4ccnc(N5CC[C@@H](O)[C@@](C)(F)C5)n4)ncc23)CC1. The molecule has 4 heterocycles. The van der Waals surface area contributed by atoms with E-state index in [9.17, 15) is 14.3 Å². The van der Waals surface area contributed by atoms with E-state index in [4.69, 9.17) is 4.98 Å². The summed E-state index contributed by atoms with van der Waals surface area (Å²) in [6.07, 6.45) is 2.88. The number of hydrogen-bond donors (Lipinski definition) is 2. The van der Waals surface area contributed by atoms with Crippen LogP contribution in [0.15, 0.2) is 36.7 Å². The second kappa shape index (κ2) is 10.3. The molecule has 2 fully saturated rings. The molecular weight excluding hydrogens is 485 g/mol. The first-order valence-corrected chi connectivity index (χ1v) is 13.3. The number of alkyl halides is 1. The molecule has 2 aromatic heterocycles. The molecule has 1 amide bonds. The van der Waals surface area contributed by atoms with Gasteiger partial charge in [0.15, 0.2) is 5.67 Å². The third-order valence-electron chi connectivity index (χ3n) is 7.65. The van der Waals surface area contributed by atoms with Crippen molar-refractivity contribution >= 4 is 40.0 Å². The summed E-state index contributed by atoms with van der Waals surface area (Å²) in [5.41, 5.74) is 0.640. The number of nitrogens with one attached hydrogen (secondary N) is 1. The minimum absolute atomic E-state index is 0.0348. The summed E-state index contributed by atoms with van der Waals surface area (Å²) in [5.74, 6) is 2.09. The van der Waals surface area contributed by atoms with Crippen LogP contribution < -0.4 is 15.1 Å². The monoisotopic (exact) mass is 521 g/mol. The number of pyridine rings is 1. The maximum atomic E-state index is 14.7. The summed E-state index contributed by atoms with van der Waals surface area (Å²) in [7, 11) is 0. The maximum absolute atomic E-state index is 14.7. The lowest BCUT2D eigenvalue weighted by molar-refractivity contribution is -0.129. The van der Waals surface area contributed by atoms with Crippen LogP contribution in [0.5, 0.6) is 0 Å². The Balaban J connectivity index is 1.41. The third kappa shape index (κ3) is 5.22. The highest BCUT2D eigenvalue weighted by Gasteiger charge is 2.39. The van der Waals surface area contributed by atoms with E-state index in [0.29, 0.717) is 49.6 Å². The number of nitrogens with zero attached hydrogens (tertiary/aromatic N) is 6. The lowest BCUT2D eigenvalue weighted by atomic mass is 9.94. The molecule has 38 heavy (non-hydrogen) atoms. The van der Waals surface area contributed by atoms with E-state index < -0.39 is 11.8 Å². The van der Waals surface area contributed by atoms with Gasteiger partial charge in [-0.2, -0.15) is 4.98 Å². The number of anilines is 4. The molecule has 3 aromatic rings. The van der Waals surface area contributed by atoms with Crippen LogP contribution in [0.3, 0.4) is 0 Å². The standard InChI is InChI=1S/C28H36FN7O2/c1-18(2)20-5-6-23(35-13-11-34(12-14-35)19(3)37)22-16-31-26(15-21(20)22)32-25-7-9-30-27(33-25)36-10-8-24(38)28(4,29)17-36/h5-7,9,15-16,18,24,38H,8,10-14,17H2,1-4H3,(H,30,31,32,33)/t24-,28+/m1/s1. The number of carbonyl (C=O) groups is 1. The van der Waals surface area contributed by atoms with Gasteiger partial charge in [0.25, 0.3) is 0 Å². The zero-order chi connectivity index (χ0) is 27.0. The molecule has 0 radical (unpaired) electrons. The minimum atomic E-state index is -1.71. The molecule has 10 heteroatoms. The fraction of sp³-hybridized carbons (Fsp3) is 0.500. The number of aliphatic hydroxyl groups excluding tert-OH is 1. The van der Waals surface area contributed by atoms with E-state index in [0.717, 1.165) is 29.5 Å². The summed E-state index contributed by atoms with van der Waals surface area (Å²) in [6.45, 7) is 10.9. The van der Waals surface area contributed by atoms with Crippen molar-refractivity contribution in [3.8, 4) is 0 Å². The number of fused-ring (bicyclic) bond motifs is 1. The number of rotatable bonds is 5. The Morgan fingerprint density at radius 3 is 2.53 bits per heavy atom. The molecule has 0 saturated carbocycles. The van der Waals surface area contributed by atoms with Gasteiger partial charge in [-0.25, -0.2) is 14.4 Å². The molecule has 2 N–H and O–H groups in total. The highest BCUT2D eigenvalue weighted by molar-refractivity contribution is 5.97. The van der Waals surface area contributed by atoms with Gasteiger partial charge in [0.05, 0.1) is 12.6 Å². The van der Waals surface area contributed by atoms with Crippen molar-refractivity contribution in [3.05, 3.63) is 42.2 Å². The maximum Gasteiger partial charge on any atom is 0.227 e.